The highest BCUT2D eigenvalue weighted by molar-refractivity contribution is 5.38. The molecule has 0 unspecified atom stereocenters. The van der Waals surface area contributed by atoms with Crippen molar-refractivity contribution in [2.24, 2.45) is 5.41 Å². The molecule has 2 aliphatic rings. The van der Waals surface area contributed by atoms with Crippen molar-refractivity contribution >= 4 is 0 Å². The zero-order valence-corrected chi connectivity index (χ0v) is 11.5. The minimum atomic E-state index is -0.0495. The van der Waals surface area contributed by atoms with Crippen LogP contribution in [0.4, 0.5) is 0 Å². The van der Waals surface area contributed by atoms with Gasteiger partial charge in [-0.25, -0.2) is 0 Å². The highest BCUT2D eigenvalue weighted by atomic mass is 16.5. The fourth-order valence-corrected chi connectivity index (χ4v) is 2.85. The molecule has 1 aliphatic heterocycles. The maximum Gasteiger partial charge on any atom is 0.122 e. The van der Waals surface area contributed by atoms with E-state index < -0.39 is 0 Å². The molecule has 0 atom stereocenters. The molecule has 19 heavy (non-hydrogen) atoms. The molecule has 3 nitrogen and oxygen atoms in total. The summed E-state index contributed by atoms with van der Waals surface area (Å²) in [4.78, 5) is 2.27. The van der Waals surface area contributed by atoms with Crippen LogP contribution in [0.25, 0.3) is 0 Å². The molecule has 0 radical (unpaired) electrons. The average Bonchev–Trinajstić information content (AvgIpc) is 3.19. The van der Waals surface area contributed by atoms with Crippen molar-refractivity contribution < 1.29 is 4.74 Å². The molecule has 100 valence electrons. The van der Waals surface area contributed by atoms with Crippen LogP contribution in [0, 0.1) is 16.7 Å². The minimum absolute atomic E-state index is 0.0495. The van der Waals surface area contributed by atoms with Crippen molar-refractivity contribution in [2.75, 3.05) is 20.2 Å². The second-order valence-corrected chi connectivity index (χ2v) is 5.96. The summed E-state index contributed by atoms with van der Waals surface area (Å²) in [5.74, 6) is 1.05. The Kier molecular flexibility index (Phi) is 3.20. The first-order valence-electron chi connectivity index (χ1n) is 7.05. The third-order valence-electron chi connectivity index (χ3n) is 4.09. The first-order chi connectivity index (χ1) is 9.21. The van der Waals surface area contributed by atoms with E-state index in [1.54, 1.807) is 0 Å². The molecule has 0 saturated heterocycles. The molecule has 1 aliphatic carbocycles. The monoisotopic (exact) mass is 256 g/mol. The molecular formula is C16H20N2O. The Morgan fingerprint density at radius 2 is 2.26 bits per heavy atom. The Morgan fingerprint density at radius 1 is 1.42 bits per heavy atom. The van der Waals surface area contributed by atoms with Gasteiger partial charge in [0.25, 0.3) is 0 Å². The molecular weight excluding hydrogens is 236 g/mol. The van der Waals surface area contributed by atoms with E-state index in [1.807, 2.05) is 0 Å². The maximum atomic E-state index is 9.14. The third-order valence-corrected chi connectivity index (χ3v) is 4.09. The van der Waals surface area contributed by atoms with Crippen molar-refractivity contribution in [3.63, 3.8) is 0 Å². The first-order valence-corrected chi connectivity index (χ1v) is 7.05. The van der Waals surface area contributed by atoms with Crippen LogP contribution in [0.15, 0.2) is 18.2 Å². The number of nitriles is 1. The Hall–Kier alpha value is -1.53. The Bertz CT molecular complexity index is 514. The number of hydrogen-bond acceptors (Lipinski definition) is 3. The van der Waals surface area contributed by atoms with Gasteiger partial charge in [0, 0.05) is 13.1 Å². The van der Waals surface area contributed by atoms with Crippen LogP contribution in [0.1, 0.15) is 30.4 Å². The van der Waals surface area contributed by atoms with Gasteiger partial charge in [0.15, 0.2) is 0 Å². The SMILES string of the molecule is CN(Cc1ccc2c(c1)CCCO2)CC1(C#N)CC1. The summed E-state index contributed by atoms with van der Waals surface area (Å²) in [6.45, 7) is 2.64. The maximum absolute atomic E-state index is 9.14. The van der Waals surface area contributed by atoms with Crippen LogP contribution in [0.3, 0.4) is 0 Å². The normalized spacial score (nSPS) is 19.4. The molecule has 3 heteroatoms. The van der Waals surface area contributed by atoms with Crippen LogP contribution in [-0.4, -0.2) is 25.1 Å². The van der Waals surface area contributed by atoms with Crippen molar-refractivity contribution in [1.29, 1.82) is 5.26 Å². The standard InChI is InChI=1S/C16H20N2O/c1-18(12-16(11-17)6-7-16)10-13-4-5-15-14(9-13)3-2-8-19-15/h4-5,9H,2-3,6-8,10,12H2,1H3. The number of benzene rings is 1. The highest BCUT2D eigenvalue weighted by Crippen LogP contribution is 2.45. The van der Waals surface area contributed by atoms with E-state index in [0.717, 1.165) is 51.1 Å². The molecule has 0 N–H and O–H groups in total. The number of fused-ring (bicyclic) bond motifs is 1. The lowest BCUT2D eigenvalue weighted by Gasteiger charge is -2.22. The summed E-state index contributed by atoms with van der Waals surface area (Å²) < 4.78 is 5.63. The molecule has 1 saturated carbocycles. The van der Waals surface area contributed by atoms with Gasteiger partial charge < -0.3 is 9.64 Å². The average molecular weight is 256 g/mol. The highest BCUT2D eigenvalue weighted by Gasteiger charge is 2.43. The summed E-state index contributed by atoms with van der Waals surface area (Å²) in [7, 11) is 2.10. The molecule has 1 aromatic carbocycles. The molecule has 1 heterocycles. The van der Waals surface area contributed by atoms with Gasteiger partial charge in [-0.15, -0.1) is 0 Å². The topological polar surface area (TPSA) is 36.3 Å². The van der Waals surface area contributed by atoms with Crippen molar-refractivity contribution in [3.8, 4) is 11.8 Å². The lowest BCUT2D eigenvalue weighted by atomic mass is 10.0. The Balaban J connectivity index is 1.65. The predicted molar refractivity (Wildman–Crippen MR) is 73.9 cm³/mol. The van der Waals surface area contributed by atoms with Gasteiger partial charge in [-0.1, -0.05) is 12.1 Å². The zero-order chi connectivity index (χ0) is 13.3. The van der Waals surface area contributed by atoms with Gasteiger partial charge in [-0.2, -0.15) is 5.26 Å². The van der Waals surface area contributed by atoms with Gasteiger partial charge in [-0.3, -0.25) is 0 Å². The summed E-state index contributed by atoms with van der Waals surface area (Å²) in [5.41, 5.74) is 2.60. The van der Waals surface area contributed by atoms with Crippen LogP contribution in [-0.2, 0) is 13.0 Å². The van der Waals surface area contributed by atoms with E-state index in [0.29, 0.717) is 0 Å². The van der Waals surface area contributed by atoms with Crippen molar-refractivity contribution in [2.45, 2.75) is 32.2 Å². The van der Waals surface area contributed by atoms with E-state index in [-0.39, 0.29) is 5.41 Å². The lowest BCUT2D eigenvalue weighted by Crippen LogP contribution is -2.25. The summed E-state index contributed by atoms with van der Waals surface area (Å²) in [5, 5.41) is 9.14. The second-order valence-electron chi connectivity index (χ2n) is 5.96. The van der Waals surface area contributed by atoms with E-state index in [4.69, 9.17) is 10.00 Å². The van der Waals surface area contributed by atoms with Crippen molar-refractivity contribution in [1.82, 2.24) is 4.90 Å². The minimum Gasteiger partial charge on any atom is -0.493 e. The smallest absolute Gasteiger partial charge is 0.122 e. The van der Waals surface area contributed by atoms with Crippen LogP contribution >= 0.6 is 0 Å². The number of nitrogens with zero attached hydrogens (tertiary/aromatic N) is 2. The first kappa shape index (κ1) is 12.5. The summed E-state index contributed by atoms with van der Waals surface area (Å²) >= 11 is 0. The van der Waals surface area contributed by atoms with Crippen LogP contribution in [0.5, 0.6) is 5.75 Å². The van der Waals surface area contributed by atoms with Gasteiger partial charge in [0.2, 0.25) is 0 Å². The van der Waals surface area contributed by atoms with Crippen LogP contribution < -0.4 is 4.74 Å². The molecule has 0 amide bonds. The second kappa shape index (κ2) is 4.86. The van der Waals surface area contributed by atoms with E-state index in [9.17, 15) is 0 Å². The molecule has 1 aromatic rings. The van der Waals surface area contributed by atoms with Gasteiger partial charge >= 0.3 is 0 Å². The zero-order valence-electron chi connectivity index (χ0n) is 11.5. The largest absolute Gasteiger partial charge is 0.493 e. The molecule has 3 rings (SSSR count). The van der Waals surface area contributed by atoms with Crippen molar-refractivity contribution in [3.05, 3.63) is 29.3 Å². The number of rotatable bonds is 4. The third kappa shape index (κ3) is 2.74. The lowest BCUT2D eigenvalue weighted by molar-refractivity contribution is 0.281. The molecule has 0 bridgehead atoms. The fraction of sp³-hybridized carbons (Fsp3) is 0.562. The summed E-state index contributed by atoms with van der Waals surface area (Å²) in [6.07, 6.45) is 4.36. The van der Waals surface area contributed by atoms with Crippen LogP contribution in [0.2, 0.25) is 0 Å². The predicted octanol–water partition coefficient (Wildman–Crippen LogP) is 2.75. The number of aryl methyl sites for hydroxylation is 1. The fourth-order valence-electron chi connectivity index (χ4n) is 2.85. The van der Waals surface area contributed by atoms with E-state index >= 15 is 0 Å². The van der Waals surface area contributed by atoms with E-state index in [2.05, 4.69) is 36.2 Å². The van der Waals surface area contributed by atoms with E-state index in [1.165, 1.54) is 11.1 Å². The van der Waals surface area contributed by atoms with Gasteiger partial charge in [-0.05, 0) is 49.9 Å². The van der Waals surface area contributed by atoms with Gasteiger partial charge in [0.05, 0.1) is 18.1 Å². The quantitative estimate of drug-likeness (QED) is 0.831. The number of ether oxygens (including phenoxy) is 1. The Morgan fingerprint density at radius 3 is 3.00 bits per heavy atom. The van der Waals surface area contributed by atoms with Gasteiger partial charge in [0.1, 0.15) is 5.75 Å². The number of hydrogen-bond donors (Lipinski definition) is 0. The Labute approximate surface area is 114 Å². The molecule has 0 aromatic heterocycles. The summed E-state index contributed by atoms with van der Waals surface area (Å²) in [6, 6.07) is 8.96. The molecule has 1 fully saturated rings. The molecule has 0 spiro atoms.